The minimum atomic E-state index is 0.109. The second-order valence-corrected chi connectivity index (χ2v) is 6.87. The highest BCUT2D eigenvalue weighted by atomic mass is 16.5. The third-order valence-corrected chi connectivity index (χ3v) is 5.10. The van der Waals surface area contributed by atoms with Crippen molar-refractivity contribution >= 4 is 5.91 Å². The molecular weight excluding hydrogens is 288 g/mol. The molecule has 1 aromatic carbocycles. The molecule has 126 valence electrons. The molecule has 2 aliphatic heterocycles. The Labute approximate surface area is 139 Å². The van der Waals surface area contributed by atoms with Crippen molar-refractivity contribution in [2.24, 2.45) is 11.8 Å². The number of hydrogen-bond acceptors (Lipinski definition) is 3. The molecule has 0 bridgehead atoms. The lowest BCUT2D eigenvalue weighted by atomic mass is 9.88. The third kappa shape index (κ3) is 4.33. The van der Waals surface area contributed by atoms with E-state index in [4.69, 9.17) is 4.74 Å². The summed E-state index contributed by atoms with van der Waals surface area (Å²) in [5.74, 6) is 0.774. The molecule has 2 unspecified atom stereocenters. The zero-order chi connectivity index (χ0) is 16.1. The van der Waals surface area contributed by atoms with Crippen molar-refractivity contribution in [2.75, 3.05) is 26.2 Å². The lowest BCUT2D eigenvalue weighted by Crippen LogP contribution is -2.41. The largest absolute Gasteiger partial charge is 0.373 e. The van der Waals surface area contributed by atoms with Gasteiger partial charge < -0.3 is 15.4 Å². The maximum Gasteiger partial charge on any atom is 0.223 e. The van der Waals surface area contributed by atoms with E-state index in [1.54, 1.807) is 0 Å². The van der Waals surface area contributed by atoms with E-state index in [-0.39, 0.29) is 17.9 Å². The smallest absolute Gasteiger partial charge is 0.223 e. The number of hydrogen-bond donors (Lipinski definition) is 2. The first-order valence-electron chi connectivity index (χ1n) is 8.90. The summed E-state index contributed by atoms with van der Waals surface area (Å²) in [4.78, 5) is 12.3. The summed E-state index contributed by atoms with van der Waals surface area (Å²) in [6, 6.07) is 8.59. The average Bonchev–Trinajstić information content (AvgIpc) is 2.61. The van der Waals surface area contributed by atoms with Gasteiger partial charge in [0.1, 0.15) is 0 Å². The van der Waals surface area contributed by atoms with Gasteiger partial charge in [-0.2, -0.15) is 0 Å². The van der Waals surface area contributed by atoms with Gasteiger partial charge in [0, 0.05) is 25.0 Å². The Kier molecular flexibility index (Phi) is 5.68. The molecule has 23 heavy (non-hydrogen) atoms. The van der Waals surface area contributed by atoms with Gasteiger partial charge in [0.05, 0.1) is 6.10 Å². The van der Waals surface area contributed by atoms with Gasteiger partial charge in [0.15, 0.2) is 0 Å². The molecule has 2 aliphatic rings. The predicted molar refractivity (Wildman–Crippen MR) is 91.2 cm³/mol. The Hall–Kier alpha value is -1.39. The van der Waals surface area contributed by atoms with E-state index in [9.17, 15) is 4.79 Å². The van der Waals surface area contributed by atoms with Crippen molar-refractivity contribution in [3.63, 3.8) is 0 Å². The van der Waals surface area contributed by atoms with Gasteiger partial charge in [-0.05, 0) is 51.3 Å². The van der Waals surface area contributed by atoms with Gasteiger partial charge in [-0.15, -0.1) is 0 Å². The summed E-state index contributed by atoms with van der Waals surface area (Å²) in [6.45, 7) is 5.55. The molecule has 1 amide bonds. The van der Waals surface area contributed by atoms with Crippen LogP contribution in [0.2, 0.25) is 0 Å². The molecule has 2 atom stereocenters. The van der Waals surface area contributed by atoms with Gasteiger partial charge >= 0.3 is 0 Å². The molecule has 0 spiro atoms. The molecule has 3 rings (SSSR count). The number of rotatable bonds is 4. The lowest BCUT2D eigenvalue weighted by molar-refractivity contribution is -0.126. The van der Waals surface area contributed by atoms with Crippen molar-refractivity contribution in [3.8, 4) is 0 Å². The molecule has 4 heteroatoms. The fraction of sp³-hybridized carbons (Fsp3) is 0.632. The molecule has 0 aromatic heterocycles. The molecule has 4 nitrogen and oxygen atoms in total. The topological polar surface area (TPSA) is 50.4 Å². The van der Waals surface area contributed by atoms with Crippen LogP contribution in [0.1, 0.15) is 42.9 Å². The van der Waals surface area contributed by atoms with Crippen molar-refractivity contribution in [1.29, 1.82) is 0 Å². The van der Waals surface area contributed by atoms with Crippen LogP contribution in [0.3, 0.4) is 0 Å². The Balaban J connectivity index is 1.58. The minimum Gasteiger partial charge on any atom is -0.373 e. The van der Waals surface area contributed by atoms with E-state index in [0.717, 1.165) is 51.9 Å². The summed E-state index contributed by atoms with van der Waals surface area (Å²) < 4.78 is 6.03. The van der Waals surface area contributed by atoms with Crippen LogP contribution in [0.25, 0.3) is 0 Å². The SMILES string of the molecule is Cc1ccc(C2OCCCC2CNC(=O)C2CCNCC2)cc1. The third-order valence-electron chi connectivity index (χ3n) is 5.10. The number of ether oxygens (including phenoxy) is 1. The molecule has 0 aliphatic carbocycles. The molecule has 1 aromatic rings. The number of benzene rings is 1. The monoisotopic (exact) mass is 316 g/mol. The number of aryl methyl sites for hydroxylation is 1. The zero-order valence-electron chi connectivity index (χ0n) is 14.0. The van der Waals surface area contributed by atoms with E-state index in [0.29, 0.717) is 5.92 Å². The summed E-state index contributed by atoms with van der Waals surface area (Å²) in [7, 11) is 0. The highest BCUT2D eigenvalue weighted by Crippen LogP contribution is 2.33. The van der Waals surface area contributed by atoms with E-state index in [1.165, 1.54) is 11.1 Å². The van der Waals surface area contributed by atoms with Crippen LogP contribution in [0.5, 0.6) is 0 Å². The van der Waals surface area contributed by atoms with Crippen LogP contribution in [-0.4, -0.2) is 32.1 Å². The lowest BCUT2D eigenvalue weighted by Gasteiger charge is -2.33. The van der Waals surface area contributed by atoms with Crippen molar-refractivity contribution in [1.82, 2.24) is 10.6 Å². The second kappa shape index (κ2) is 7.93. The van der Waals surface area contributed by atoms with E-state index >= 15 is 0 Å². The summed E-state index contributed by atoms with van der Waals surface area (Å²) in [5, 5.41) is 6.49. The van der Waals surface area contributed by atoms with E-state index in [1.807, 2.05) is 0 Å². The van der Waals surface area contributed by atoms with Crippen molar-refractivity contribution < 1.29 is 9.53 Å². The van der Waals surface area contributed by atoms with Crippen LogP contribution < -0.4 is 10.6 Å². The molecule has 2 fully saturated rings. The fourth-order valence-corrected chi connectivity index (χ4v) is 3.64. The van der Waals surface area contributed by atoms with Gasteiger partial charge in [-0.1, -0.05) is 29.8 Å². The number of nitrogens with one attached hydrogen (secondary N) is 2. The second-order valence-electron chi connectivity index (χ2n) is 6.87. The van der Waals surface area contributed by atoms with Crippen molar-refractivity contribution in [3.05, 3.63) is 35.4 Å². The molecular formula is C19H28N2O2. The van der Waals surface area contributed by atoms with Crippen molar-refractivity contribution in [2.45, 2.75) is 38.7 Å². The Bertz CT molecular complexity index is 509. The first-order valence-corrected chi connectivity index (χ1v) is 8.90. The quantitative estimate of drug-likeness (QED) is 0.897. The molecule has 0 saturated carbocycles. The van der Waals surface area contributed by atoms with Gasteiger partial charge in [-0.25, -0.2) is 0 Å². The standard InChI is InChI=1S/C19H28N2O2/c1-14-4-6-15(7-5-14)18-17(3-2-12-23-18)13-21-19(22)16-8-10-20-11-9-16/h4-7,16-18,20H,2-3,8-13H2,1H3,(H,21,22). The van der Waals surface area contributed by atoms with E-state index in [2.05, 4.69) is 41.8 Å². The maximum absolute atomic E-state index is 12.3. The maximum atomic E-state index is 12.3. The number of piperidine rings is 1. The Morgan fingerprint density at radius 3 is 2.70 bits per heavy atom. The highest BCUT2D eigenvalue weighted by molar-refractivity contribution is 5.78. The summed E-state index contributed by atoms with van der Waals surface area (Å²) in [6.07, 6.45) is 4.21. The highest BCUT2D eigenvalue weighted by Gasteiger charge is 2.29. The van der Waals surface area contributed by atoms with Crippen LogP contribution in [-0.2, 0) is 9.53 Å². The normalized spacial score (nSPS) is 26.0. The molecule has 2 N–H and O–H groups in total. The molecule has 2 saturated heterocycles. The van der Waals surface area contributed by atoms with Gasteiger partial charge in [0.2, 0.25) is 5.91 Å². The average molecular weight is 316 g/mol. The zero-order valence-corrected chi connectivity index (χ0v) is 14.0. The Morgan fingerprint density at radius 2 is 1.96 bits per heavy atom. The number of amides is 1. The van der Waals surface area contributed by atoms with Gasteiger partial charge in [-0.3, -0.25) is 4.79 Å². The molecule has 2 heterocycles. The fourth-order valence-electron chi connectivity index (χ4n) is 3.64. The van der Waals surface area contributed by atoms with E-state index < -0.39 is 0 Å². The summed E-state index contributed by atoms with van der Waals surface area (Å²) >= 11 is 0. The number of carbonyl (C=O) groups excluding carboxylic acids is 1. The van der Waals surface area contributed by atoms with Gasteiger partial charge in [0.25, 0.3) is 0 Å². The predicted octanol–water partition coefficient (Wildman–Crippen LogP) is 2.58. The number of carbonyl (C=O) groups is 1. The van der Waals surface area contributed by atoms with Crippen LogP contribution in [0.4, 0.5) is 0 Å². The van der Waals surface area contributed by atoms with Crippen LogP contribution in [0, 0.1) is 18.8 Å². The molecule has 0 radical (unpaired) electrons. The summed E-state index contributed by atoms with van der Waals surface area (Å²) in [5.41, 5.74) is 2.50. The first kappa shape index (κ1) is 16.5. The van der Waals surface area contributed by atoms with Crippen LogP contribution >= 0.6 is 0 Å². The Morgan fingerprint density at radius 1 is 1.22 bits per heavy atom. The minimum absolute atomic E-state index is 0.109. The first-order chi connectivity index (χ1) is 11.2. The van der Waals surface area contributed by atoms with Crippen LogP contribution in [0.15, 0.2) is 24.3 Å².